The van der Waals surface area contributed by atoms with E-state index in [2.05, 4.69) is 15.5 Å². The van der Waals surface area contributed by atoms with E-state index >= 15 is 0 Å². The smallest absolute Gasteiger partial charge is 0.243 e. The van der Waals surface area contributed by atoms with E-state index in [4.69, 9.17) is 0 Å². The minimum atomic E-state index is -0.413. The maximum Gasteiger partial charge on any atom is 0.243 e. The summed E-state index contributed by atoms with van der Waals surface area (Å²) in [5.74, 6) is -0.116. The second-order valence-electron chi connectivity index (χ2n) is 10.3. The highest BCUT2D eigenvalue weighted by Gasteiger charge is 2.36. The van der Waals surface area contributed by atoms with Crippen molar-refractivity contribution in [1.82, 2.24) is 20.0 Å². The molecular formula is C25H38FN5O2. The highest BCUT2D eigenvalue weighted by atomic mass is 19.1. The number of carbonyl (C=O) groups excluding carboxylic acids is 2. The Morgan fingerprint density at radius 1 is 1.21 bits per heavy atom. The minimum Gasteiger partial charge on any atom is -0.373 e. The molecule has 1 aromatic carbocycles. The molecule has 7 nitrogen and oxygen atoms in total. The third-order valence-corrected chi connectivity index (χ3v) is 7.60. The lowest BCUT2D eigenvalue weighted by molar-refractivity contribution is -0.132. The number of nitrogens with zero attached hydrogens (tertiary/aromatic N) is 3. The van der Waals surface area contributed by atoms with Gasteiger partial charge in [-0.1, -0.05) is 6.07 Å². The summed E-state index contributed by atoms with van der Waals surface area (Å²) < 4.78 is 14.2. The van der Waals surface area contributed by atoms with Crippen molar-refractivity contribution in [1.29, 1.82) is 0 Å². The summed E-state index contributed by atoms with van der Waals surface area (Å²) in [7, 11) is 5.75. The number of hydrogen-bond donors (Lipinski definition) is 2. The lowest BCUT2D eigenvalue weighted by Gasteiger charge is -2.36. The van der Waals surface area contributed by atoms with Gasteiger partial charge in [0.15, 0.2) is 0 Å². The fourth-order valence-corrected chi connectivity index (χ4v) is 5.66. The van der Waals surface area contributed by atoms with Crippen LogP contribution in [-0.2, 0) is 16.0 Å². The Morgan fingerprint density at radius 2 is 2.00 bits per heavy atom. The van der Waals surface area contributed by atoms with Crippen molar-refractivity contribution in [2.45, 2.75) is 69.6 Å². The van der Waals surface area contributed by atoms with Gasteiger partial charge >= 0.3 is 0 Å². The molecule has 1 saturated heterocycles. The van der Waals surface area contributed by atoms with E-state index < -0.39 is 6.04 Å². The van der Waals surface area contributed by atoms with E-state index in [-0.39, 0.29) is 29.7 Å². The molecule has 1 aliphatic carbocycles. The van der Waals surface area contributed by atoms with Crippen LogP contribution >= 0.6 is 0 Å². The van der Waals surface area contributed by atoms with Gasteiger partial charge in [-0.25, -0.2) is 4.39 Å². The van der Waals surface area contributed by atoms with Crippen LogP contribution in [-0.4, -0.2) is 91.5 Å². The van der Waals surface area contributed by atoms with E-state index in [1.165, 1.54) is 6.07 Å². The standard InChI is InChI=1S/C25H38FN5O2/c1-16-8-9-21(26)20-13-22(28-24(16)20)25(33)27-17-6-5-7-18(12-17)31-11-10-19(14-31)30(4)23(32)15-29(2)3/h8-9,17-19,22,28H,5-7,10-15H2,1-4H3,(H,27,33)/t17-,18+,19?,22?/m1/s1. The van der Waals surface area contributed by atoms with Crippen LogP contribution in [0.25, 0.3) is 0 Å². The average Bonchev–Trinajstić information content (AvgIpc) is 3.44. The monoisotopic (exact) mass is 459 g/mol. The fourth-order valence-electron chi connectivity index (χ4n) is 5.66. The average molecular weight is 460 g/mol. The van der Waals surface area contributed by atoms with Crippen molar-refractivity contribution < 1.29 is 14.0 Å². The summed E-state index contributed by atoms with van der Waals surface area (Å²) in [5, 5.41) is 6.48. The van der Waals surface area contributed by atoms with E-state index in [1.54, 1.807) is 6.07 Å². The molecule has 4 atom stereocenters. The lowest BCUT2D eigenvalue weighted by atomic mass is 9.89. The Hall–Kier alpha value is -2.19. The number of nitrogens with one attached hydrogen (secondary N) is 2. The summed E-state index contributed by atoms with van der Waals surface area (Å²) in [4.78, 5) is 31.7. The van der Waals surface area contributed by atoms with Crippen LogP contribution in [0.15, 0.2) is 12.1 Å². The van der Waals surface area contributed by atoms with Gasteiger partial charge in [-0.3, -0.25) is 14.5 Å². The van der Waals surface area contributed by atoms with Crippen molar-refractivity contribution in [3.63, 3.8) is 0 Å². The van der Waals surface area contributed by atoms with Crippen LogP contribution in [0.2, 0.25) is 0 Å². The summed E-state index contributed by atoms with van der Waals surface area (Å²) >= 11 is 0. The van der Waals surface area contributed by atoms with Gasteiger partial charge in [0.25, 0.3) is 0 Å². The first-order chi connectivity index (χ1) is 15.7. The first-order valence-corrected chi connectivity index (χ1v) is 12.2. The second kappa shape index (κ2) is 9.97. The summed E-state index contributed by atoms with van der Waals surface area (Å²) in [5.41, 5.74) is 2.36. The molecule has 0 spiro atoms. The zero-order valence-electron chi connectivity index (χ0n) is 20.4. The Morgan fingerprint density at radius 3 is 2.73 bits per heavy atom. The van der Waals surface area contributed by atoms with Crippen LogP contribution in [0.3, 0.4) is 0 Å². The molecule has 182 valence electrons. The Labute approximate surface area is 196 Å². The van der Waals surface area contributed by atoms with Gasteiger partial charge in [-0.05, 0) is 64.8 Å². The SMILES string of the molecule is Cc1ccc(F)c2c1NC(C(=O)N[C@@H]1CCC[C@H](N3CCC(N(C)C(=O)CN(C)C)C3)C1)C2. The molecule has 0 radical (unpaired) electrons. The number of fused-ring (bicyclic) bond motifs is 1. The maximum atomic E-state index is 14.2. The number of carbonyl (C=O) groups is 2. The zero-order valence-corrected chi connectivity index (χ0v) is 20.4. The van der Waals surface area contributed by atoms with Gasteiger partial charge < -0.3 is 20.4 Å². The number of rotatable bonds is 6. The quantitative estimate of drug-likeness (QED) is 0.681. The fraction of sp³-hybridized carbons (Fsp3) is 0.680. The Balaban J connectivity index is 1.29. The van der Waals surface area contributed by atoms with Crippen LogP contribution in [0.1, 0.15) is 43.2 Å². The molecule has 1 saturated carbocycles. The van der Waals surface area contributed by atoms with Gasteiger partial charge in [-0.2, -0.15) is 0 Å². The van der Waals surface area contributed by atoms with Gasteiger partial charge in [0.05, 0.1) is 6.54 Å². The van der Waals surface area contributed by atoms with Crippen LogP contribution in [0.4, 0.5) is 10.1 Å². The summed E-state index contributed by atoms with van der Waals surface area (Å²) in [6, 6.07) is 3.65. The van der Waals surface area contributed by atoms with Gasteiger partial charge in [0.2, 0.25) is 11.8 Å². The van der Waals surface area contributed by atoms with E-state index in [0.717, 1.165) is 56.4 Å². The van der Waals surface area contributed by atoms with Gasteiger partial charge in [-0.15, -0.1) is 0 Å². The predicted octanol–water partition coefficient (Wildman–Crippen LogP) is 1.99. The molecule has 2 aliphatic heterocycles. The lowest BCUT2D eigenvalue weighted by Crippen LogP contribution is -2.49. The van der Waals surface area contributed by atoms with E-state index in [0.29, 0.717) is 24.6 Å². The van der Waals surface area contributed by atoms with Crippen molar-refractivity contribution in [2.75, 3.05) is 46.1 Å². The predicted molar refractivity (Wildman–Crippen MR) is 128 cm³/mol. The third kappa shape index (κ3) is 5.32. The highest BCUT2D eigenvalue weighted by molar-refractivity contribution is 5.88. The molecule has 2 amide bonds. The molecule has 2 fully saturated rings. The number of halogens is 1. The highest BCUT2D eigenvalue weighted by Crippen LogP contribution is 2.32. The first kappa shape index (κ1) is 24.0. The second-order valence-corrected chi connectivity index (χ2v) is 10.3. The number of aryl methyl sites for hydroxylation is 1. The molecule has 33 heavy (non-hydrogen) atoms. The number of amides is 2. The first-order valence-electron chi connectivity index (χ1n) is 12.2. The number of likely N-dealkylation sites (tertiary alicyclic amines) is 1. The largest absolute Gasteiger partial charge is 0.373 e. The summed E-state index contributed by atoms with van der Waals surface area (Å²) in [6.45, 7) is 4.27. The normalized spacial score (nSPS) is 27.3. The van der Waals surface area contributed by atoms with Gasteiger partial charge in [0, 0.05) is 55.9 Å². The Kier molecular flexibility index (Phi) is 7.24. The number of likely N-dealkylation sites (N-methyl/N-ethyl adjacent to an activating group) is 2. The molecule has 0 aromatic heterocycles. The molecule has 3 aliphatic rings. The molecule has 2 N–H and O–H groups in total. The molecule has 0 bridgehead atoms. The van der Waals surface area contributed by atoms with E-state index in [1.807, 2.05) is 37.9 Å². The summed E-state index contributed by atoms with van der Waals surface area (Å²) in [6.07, 6.45) is 5.52. The minimum absolute atomic E-state index is 0.0380. The number of hydrogen-bond acceptors (Lipinski definition) is 5. The van der Waals surface area contributed by atoms with Crippen molar-refractivity contribution >= 4 is 17.5 Å². The van der Waals surface area contributed by atoms with Crippen LogP contribution < -0.4 is 10.6 Å². The molecule has 8 heteroatoms. The topological polar surface area (TPSA) is 67.9 Å². The number of benzene rings is 1. The van der Waals surface area contributed by atoms with Crippen LogP contribution in [0, 0.1) is 12.7 Å². The van der Waals surface area contributed by atoms with Crippen molar-refractivity contribution in [2.24, 2.45) is 0 Å². The van der Waals surface area contributed by atoms with Crippen molar-refractivity contribution in [3.8, 4) is 0 Å². The third-order valence-electron chi connectivity index (χ3n) is 7.60. The molecule has 1 aromatic rings. The molecular weight excluding hydrogens is 421 g/mol. The maximum absolute atomic E-state index is 14.2. The molecule has 2 unspecified atom stereocenters. The van der Waals surface area contributed by atoms with E-state index in [9.17, 15) is 14.0 Å². The molecule has 2 heterocycles. The molecule has 4 rings (SSSR count). The van der Waals surface area contributed by atoms with Crippen molar-refractivity contribution in [3.05, 3.63) is 29.1 Å². The zero-order chi connectivity index (χ0) is 23.7. The Bertz CT molecular complexity index is 861. The number of anilines is 1. The van der Waals surface area contributed by atoms with Gasteiger partial charge in [0.1, 0.15) is 11.9 Å². The van der Waals surface area contributed by atoms with Crippen LogP contribution in [0.5, 0.6) is 0 Å².